The number of methoxy groups -OCH3 is 1. The minimum Gasteiger partial charge on any atom is -0.495 e. The Morgan fingerprint density at radius 2 is 2.33 bits per heavy atom. The number of nitrogens with one attached hydrogen (secondary N) is 2. The van der Waals surface area contributed by atoms with Crippen LogP contribution < -0.4 is 10.1 Å². The Hall–Kier alpha value is -1.70. The van der Waals surface area contributed by atoms with Gasteiger partial charge in [0.15, 0.2) is 0 Å². The second-order valence-corrected chi connectivity index (χ2v) is 6.54. The first-order valence-electron chi connectivity index (χ1n) is 7.38. The fourth-order valence-electron chi connectivity index (χ4n) is 2.23. The maximum Gasteiger partial charge on any atom is 0.255 e. The Labute approximate surface area is 149 Å². The van der Waals surface area contributed by atoms with E-state index in [1.54, 1.807) is 37.1 Å². The molecule has 0 aliphatic heterocycles. The zero-order chi connectivity index (χ0) is 17.5. The molecule has 1 heterocycles. The van der Waals surface area contributed by atoms with E-state index in [0.717, 1.165) is 11.3 Å². The van der Waals surface area contributed by atoms with E-state index in [9.17, 15) is 9.90 Å². The summed E-state index contributed by atoms with van der Waals surface area (Å²) in [5, 5.41) is 19.5. The summed E-state index contributed by atoms with van der Waals surface area (Å²) in [7, 11) is 1.54. The number of halogens is 1. The molecular weight excluding hydrogens is 350 g/mol. The summed E-state index contributed by atoms with van der Waals surface area (Å²) in [5.74, 6) is 1.13. The summed E-state index contributed by atoms with van der Waals surface area (Å²) >= 11 is 7.81. The number of benzene rings is 1. The molecule has 2 aromatic rings. The van der Waals surface area contributed by atoms with E-state index in [1.165, 1.54) is 6.20 Å². The molecule has 0 saturated heterocycles. The van der Waals surface area contributed by atoms with Crippen molar-refractivity contribution >= 4 is 29.3 Å². The highest BCUT2D eigenvalue weighted by Gasteiger charge is 2.19. The van der Waals surface area contributed by atoms with Gasteiger partial charge in [0.1, 0.15) is 5.75 Å². The lowest BCUT2D eigenvalue weighted by Gasteiger charge is -2.15. The Kier molecular flexibility index (Phi) is 6.96. The average molecular weight is 370 g/mol. The van der Waals surface area contributed by atoms with Crippen LogP contribution in [0.1, 0.15) is 16.8 Å². The third-order valence-corrected chi connectivity index (χ3v) is 4.49. The third-order valence-electron chi connectivity index (χ3n) is 3.55. The maximum absolute atomic E-state index is 12.5. The minimum atomic E-state index is -0.286. The quantitative estimate of drug-likeness (QED) is 0.665. The summed E-state index contributed by atoms with van der Waals surface area (Å²) < 4.78 is 5.13. The van der Waals surface area contributed by atoms with Crippen molar-refractivity contribution in [1.82, 2.24) is 15.5 Å². The van der Waals surface area contributed by atoms with E-state index in [4.69, 9.17) is 16.3 Å². The molecule has 0 spiro atoms. The molecule has 1 atom stereocenters. The fourth-order valence-corrected chi connectivity index (χ4v) is 3.01. The van der Waals surface area contributed by atoms with Crippen LogP contribution in [0, 0.1) is 0 Å². The highest BCUT2D eigenvalue weighted by molar-refractivity contribution is 7.98. The third kappa shape index (κ3) is 4.43. The molecule has 0 aliphatic carbocycles. The average Bonchev–Trinajstić information content (AvgIpc) is 3.08. The molecule has 0 unspecified atom stereocenters. The Morgan fingerprint density at radius 1 is 1.54 bits per heavy atom. The van der Waals surface area contributed by atoms with E-state index in [0.29, 0.717) is 28.5 Å². The van der Waals surface area contributed by atoms with Gasteiger partial charge in [-0.05, 0) is 36.6 Å². The number of nitrogens with zero attached hydrogens (tertiary/aromatic N) is 1. The standard InChI is InChI=1S/C16H20ClN3O3S/c1-23-14-4-3-10(7-13(14)17)15-12(8-18-20-15)16(22)19-11(9-21)5-6-24-2/h3-4,7-8,11,21H,5-6,9H2,1-2H3,(H,18,20)(H,19,22)/t11-/m1/s1. The molecule has 130 valence electrons. The number of rotatable bonds is 8. The van der Waals surface area contributed by atoms with E-state index >= 15 is 0 Å². The summed E-state index contributed by atoms with van der Waals surface area (Å²) in [6.07, 6.45) is 4.15. The molecule has 3 N–H and O–H groups in total. The molecule has 1 amide bonds. The van der Waals surface area contributed by atoms with Gasteiger partial charge in [-0.1, -0.05) is 11.6 Å². The van der Waals surface area contributed by atoms with E-state index < -0.39 is 0 Å². The zero-order valence-corrected chi connectivity index (χ0v) is 15.1. The van der Waals surface area contributed by atoms with E-state index in [1.807, 2.05) is 6.26 Å². The Balaban J connectivity index is 2.20. The van der Waals surface area contributed by atoms with Gasteiger partial charge in [0.25, 0.3) is 5.91 Å². The number of aliphatic hydroxyl groups is 1. The van der Waals surface area contributed by atoms with Crippen molar-refractivity contribution in [2.45, 2.75) is 12.5 Å². The van der Waals surface area contributed by atoms with E-state index in [2.05, 4.69) is 15.5 Å². The molecular formula is C16H20ClN3O3S. The molecule has 2 rings (SSSR count). The number of H-pyrrole nitrogens is 1. The second-order valence-electron chi connectivity index (χ2n) is 5.14. The predicted molar refractivity (Wildman–Crippen MR) is 96.9 cm³/mol. The molecule has 1 aromatic heterocycles. The number of hydrogen-bond acceptors (Lipinski definition) is 5. The van der Waals surface area contributed by atoms with Gasteiger partial charge in [-0.3, -0.25) is 9.89 Å². The minimum absolute atomic E-state index is 0.103. The lowest BCUT2D eigenvalue weighted by molar-refractivity contribution is 0.0916. The largest absolute Gasteiger partial charge is 0.495 e. The lowest BCUT2D eigenvalue weighted by Crippen LogP contribution is -2.38. The number of carbonyl (C=O) groups is 1. The monoisotopic (exact) mass is 369 g/mol. The van der Waals surface area contributed by atoms with Crippen molar-refractivity contribution in [3.8, 4) is 17.0 Å². The number of aromatic amines is 1. The van der Waals surface area contributed by atoms with Crippen LogP contribution in [-0.4, -0.2) is 53.0 Å². The Morgan fingerprint density at radius 3 is 2.96 bits per heavy atom. The van der Waals surface area contributed by atoms with E-state index in [-0.39, 0.29) is 18.6 Å². The molecule has 0 aliphatic rings. The first kappa shape index (κ1) is 18.6. The molecule has 8 heteroatoms. The van der Waals surface area contributed by atoms with Crippen molar-refractivity contribution in [3.63, 3.8) is 0 Å². The van der Waals surface area contributed by atoms with Gasteiger partial charge >= 0.3 is 0 Å². The smallest absolute Gasteiger partial charge is 0.255 e. The van der Waals surface area contributed by atoms with Gasteiger partial charge < -0.3 is 15.2 Å². The molecule has 24 heavy (non-hydrogen) atoms. The first-order chi connectivity index (χ1) is 11.6. The topological polar surface area (TPSA) is 87.2 Å². The highest BCUT2D eigenvalue weighted by Crippen LogP contribution is 2.30. The lowest BCUT2D eigenvalue weighted by atomic mass is 10.1. The maximum atomic E-state index is 12.5. The van der Waals surface area contributed by atoms with Crippen molar-refractivity contribution < 1.29 is 14.6 Å². The van der Waals surface area contributed by atoms with Crippen LogP contribution in [0.4, 0.5) is 0 Å². The van der Waals surface area contributed by atoms with Gasteiger partial charge in [0, 0.05) is 5.56 Å². The van der Waals surface area contributed by atoms with Crippen molar-refractivity contribution in [1.29, 1.82) is 0 Å². The zero-order valence-electron chi connectivity index (χ0n) is 13.5. The molecule has 0 radical (unpaired) electrons. The normalized spacial score (nSPS) is 12.0. The number of amides is 1. The van der Waals surface area contributed by atoms with Crippen LogP contribution in [0.3, 0.4) is 0 Å². The number of aromatic nitrogens is 2. The van der Waals surface area contributed by atoms with Crippen LogP contribution in [-0.2, 0) is 0 Å². The molecule has 0 bridgehead atoms. The number of ether oxygens (including phenoxy) is 1. The van der Waals surface area contributed by atoms with Crippen LogP contribution in [0.5, 0.6) is 5.75 Å². The van der Waals surface area contributed by atoms with Gasteiger partial charge in [-0.25, -0.2) is 0 Å². The molecule has 1 aromatic carbocycles. The molecule has 0 fully saturated rings. The summed E-state index contributed by atoms with van der Waals surface area (Å²) in [6, 6.07) is 4.95. The van der Waals surface area contributed by atoms with Gasteiger partial charge in [0.05, 0.1) is 42.2 Å². The van der Waals surface area contributed by atoms with Crippen molar-refractivity contribution in [2.24, 2.45) is 0 Å². The number of aliphatic hydroxyl groups excluding tert-OH is 1. The number of carbonyl (C=O) groups excluding carboxylic acids is 1. The van der Waals surface area contributed by atoms with Crippen LogP contribution in [0.15, 0.2) is 24.4 Å². The summed E-state index contributed by atoms with van der Waals surface area (Å²) in [5.41, 5.74) is 1.70. The first-order valence-corrected chi connectivity index (χ1v) is 9.15. The predicted octanol–water partition coefficient (Wildman–Crippen LogP) is 2.58. The van der Waals surface area contributed by atoms with Gasteiger partial charge in [0.2, 0.25) is 0 Å². The number of hydrogen-bond donors (Lipinski definition) is 3. The fraction of sp³-hybridized carbons (Fsp3) is 0.375. The Bertz CT molecular complexity index is 693. The van der Waals surface area contributed by atoms with Crippen LogP contribution in [0.2, 0.25) is 5.02 Å². The van der Waals surface area contributed by atoms with Crippen molar-refractivity contribution in [2.75, 3.05) is 25.7 Å². The van der Waals surface area contributed by atoms with Crippen LogP contribution in [0.25, 0.3) is 11.3 Å². The SMILES string of the molecule is COc1ccc(-c2[nH]ncc2C(=O)N[C@@H](CO)CCSC)cc1Cl. The summed E-state index contributed by atoms with van der Waals surface area (Å²) in [6.45, 7) is -0.103. The van der Waals surface area contributed by atoms with Crippen molar-refractivity contribution in [3.05, 3.63) is 35.0 Å². The van der Waals surface area contributed by atoms with Crippen LogP contribution >= 0.6 is 23.4 Å². The number of thioether (sulfide) groups is 1. The molecule has 0 saturated carbocycles. The molecule has 6 nitrogen and oxygen atoms in total. The second kappa shape index (κ2) is 8.96. The van der Waals surface area contributed by atoms with Gasteiger partial charge in [-0.15, -0.1) is 0 Å². The van der Waals surface area contributed by atoms with Gasteiger partial charge in [-0.2, -0.15) is 16.9 Å². The highest BCUT2D eigenvalue weighted by atomic mass is 35.5. The summed E-state index contributed by atoms with van der Waals surface area (Å²) in [4.78, 5) is 12.5.